The fourth-order valence-corrected chi connectivity index (χ4v) is 6.40. The second-order valence-electron chi connectivity index (χ2n) is 9.25. The first-order valence-electron chi connectivity index (χ1n) is 11.5. The highest BCUT2D eigenvalue weighted by molar-refractivity contribution is 6.04. The Morgan fingerprint density at radius 2 is 1.91 bits per heavy atom. The van der Waals surface area contributed by atoms with Gasteiger partial charge in [0.25, 0.3) is 0 Å². The summed E-state index contributed by atoms with van der Waals surface area (Å²) in [5.41, 5.74) is -1.22. The Kier molecular flexibility index (Phi) is 5.17. The summed E-state index contributed by atoms with van der Waals surface area (Å²) in [6.07, 6.45) is 1.70. The first kappa shape index (κ1) is 21.9. The molecular weight excluding hydrogens is 422 g/mol. The third kappa shape index (κ3) is 3.00. The maximum absolute atomic E-state index is 13.7. The number of carbonyl (C=O) groups is 3. The number of β-amino-alcohol motifs (C(OH)–C–C–N with tert-alkyl or cyclic N) is 1. The number of ether oxygens (including phenoxy) is 1. The molecule has 5 atom stereocenters. The van der Waals surface area contributed by atoms with E-state index in [1.165, 1.54) is 4.90 Å². The van der Waals surface area contributed by atoms with Crippen molar-refractivity contribution in [3.05, 3.63) is 42.5 Å². The van der Waals surface area contributed by atoms with Crippen molar-refractivity contribution in [1.82, 2.24) is 10.2 Å². The fraction of sp³-hybridized carbons (Fsp3) is 0.480. The molecule has 2 unspecified atom stereocenters. The third-order valence-corrected chi connectivity index (χ3v) is 7.82. The molecule has 174 valence electrons. The molecule has 3 heterocycles. The van der Waals surface area contributed by atoms with Crippen LogP contribution in [0.15, 0.2) is 42.5 Å². The van der Waals surface area contributed by atoms with E-state index < -0.39 is 29.1 Å². The molecule has 2 aromatic carbocycles. The van der Waals surface area contributed by atoms with Crippen molar-refractivity contribution in [1.29, 1.82) is 0 Å². The van der Waals surface area contributed by atoms with Gasteiger partial charge in [-0.15, -0.1) is 0 Å². The quantitative estimate of drug-likeness (QED) is 0.619. The number of aliphatic hydroxyl groups is 1. The number of fused-ring (bicyclic) bond motifs is 2. The number of benzene rings is 2. The molecule has 0 radical (unpaired) electrons. The molecule has 0 aliphatic carbocycles. The third-order valence-electron chi connectivity index (χ3n) is 7.82. The Morgan fingerprint density at radius 1 is 1.15 bits per heavy atom. The van der Waals surface area contributed by atoms with E-state index in [0.29, 0.717) is 24.9 Å². The largest absolute Gasteiger partial charge is 0.395 e. The standard InChI is InChI=1S/C25H29N3O5/c1-3-24-10-11-25(33-24)19(18(24)21(30)26-2)23(32)28(12-13-29)20(25)22(31)27-17-9-8-15-6-4-5-7-16(15)14-17/h4-9,14,18-20,29H,3,10-13H2,1-2H3,(H,26,30)(H,27,31)/t18-,19-,20?,24+,25?/m0/s1. The van der Waals surface area contributed by atoms with Crippen LogP contribution in [-0.4, -0.2) is 65.2 Å². The minimum atomic E-state index is -1.08. The average molecular weight is 452 g/mol. The minimum Gasteiger partial charge on any atom is -0.395 e. The monoisotopic (exact) mass is 451 g/mol. The highest BCUT2D eigenvalue weighted by Gasteiger charge is 2.78. The van der Waals surface area contributed by atoms with Gasteiger partial charge in [-0.25, -0.2) is 0 Å². The molecule has 3 N–H and O–H groups in total. The van der Waals surface area contributed by atoms with Crippen molar-refractivity contribution in [3.8, 4) is 0 Å². The number of hydrogen-bond donors (Lipinski definition) is 3. The van der Waals surface area contributed by atoms with Crippen LogP contribution in [0, 0.1) is 11.8 Å². The Balaban J connectivity index is 1.53. The molecule has 2 aromatic rings. The summed E-state index contributed by atoms with van der Waals surface area (Å²) in [7, 11) is 1.55. The number of hydrogen-bond acceptors (Lipinski definition) is 5. The molecule has 0 aromatic heterocycles. The Bertz CT molecular complexity index is 1140. The summed E-state index contributed by atoms with van der Waals surface area (Å²) in [6, 6.07) is 12.6. The number of anilines is 1. The van der Waals surface area contributed by atoms with Crippen molar-refractivity contribution in [2.45, 2.75) is 43.4 Å². The Hall–Kier alpha value is -2.97. The smallest absolute Gasteiger partial charge is 0.250 e. The van der Waals surface area contributed by atoms with E-state index in [1.807, 2.05) is 49.4 Å². The molecule has 0 saturated carbocycles. The minimum absolute atomic E-state index is 0.00976. The van der Waals surface area contributed by atoms with Crippen LogP contribution in [0.25, 0.3) is 10.8 Å². The number of nitrogens with zero attached hydrogens (tertiary/aromatic N) is 1. The van der Waals surface area contributed by atoms with Gasteiger partial charge in [-0.2, -0.15) is 0 Å². The molecule has 2 bridgehead atoms. The lowest BCUT2D eigenvalue weighted by molar-refractivity contribution is -0.146. The molecule has 3 amide bonds. The van der Waals surface area contributed by atoms with Gasteiger partial charge in [-0.3, -0.25) is 14.4 Å². The molecular formula is C25H29N3O5. The summed E-state index contributed by atoms with van der Waals surface area (Å²) in [6.45, 7) is 1.68. The van der Waals surface area contributed by atoms with Crippen molar-refractivity contribution in [2.24, 2.45) is 11.8 Å². The predicted molar refractivity (Wildman–Crippen MR) is 122 cm³/mol. The number of likely N-dealkylation sites (tertiary alicyclic amines) is 1. The van der Waals surface area contributed by atoms with Crippen LogP contribution in [0.2, 0.25) is 0 Å². The predicted octanol–water partition coefficient (Wildman–Crippen LogP) is 1.67. The maximum Gasteiger partial charge on any atom is 0.250 e. The summed E-state index contributed by atoms with van der Waals surface area (Å²) in [5.74, 6) is -2.31. The number of rotatable bonds is 6. The van der Waals surface area contributed by atoms with Gasteiger partial charge in [0, 0.05) is 19.3 Å². The fourth-order valence-electron chi connectivity index (χ4n) is 6.40. The van der Waals surface area contributed by atoms with E-state index in [4.69, 9.17) is 4.74 Å². The van der Waals surface area contributed by atoms with Crippen LogP contribution in [0.1, 0.15) is 26.2 Å². The number of carbonyl (C=O) groups excluding carboxylic acids is 3. The van der Waals surface area contributed by atoms with Gasteiger partial charge in [0.2, 0.25) is 17.7 Å². The lowest BCUT2D eigenvalue weighted by Crippen LogP contribution is -2.53. The highest BCUT2D eigenvalue weighted by Crippen LogP contribution is 2.64. The summed E-state index contributed by atoms with van der Waals surface area (Å²) < 4.78 is 6.58. The molecule has 1 spiro atoms. The number of amides is 3. The molecule has 8 heteroatoms. The molecule has 3 aliphatic rings. The summed E-state index contributed by atoms with van der Waals surface area (Å²) in [5, 5.41) is 17.4. The van der Waals surface area contributed by atoms with Crippen LogP contribution >= 0.6 is 0 Å². The van der Waals surface area contributed by atoms with Gasteiger partial charge in [-0.05, 0) is 42.2 Å². The van der Waals surface area contributed by atoms with Crippen molar-refractivity contribution < 1.29 is 24.2 Å². The molecule has 3 saturated heterocycles. The Morgan fingerprint density at radius 3 is 2.61 bits per heavy atom. The van der Waals surface area contributed by atoms with Gasteiger partial charge in [0.1, 0.15) is 11.6 Å². The Labute approximate surface area is 192 Å². The number of nitrogens with one attached hydrogen (secondary N) is 2. The lowest BCUT2D eigenvalue weighted by atomic mass is 9.65. The normalized spacial score (nSPS) is 32.3. The van der Waals surface area contributed by atoms with Crippen LogP contribution in [0.4, 0.5) is 5.69 Å². The first-order valence-corrected chi connectivity index (χ1v) is 11.5. The lowest BCUT2D eigenvalue weighted by Gasteiger charge is -2.33. The molecule has 33 heavy (non-hydrogen) atoms. The number of aliphatic hydroxyl groups excluding tert-OH is 1. The van der Waals surface area contributed by atoms with Gasteiger partial charge in [0.15, 0.2) is 0 Å². The topological polar surface area (TPSA) is 108 Å². The molecule has 5 rings (SSSR count). The molecule has 8 nitrogen and oxygen atoms in total. The van der Waals surface area contributed by atoms with E-state index in [9.17, 15) is 19.5 Å². The van der Waals surface area contributed by atoms with Gasteiger partial charge >= 0.3 is 0 Å². The van der Waals surface area contributed by atoms with Gasteiger partial charge in [-0.1, -0.05) is 37.3 Å². The van der Waals surface area contributed by atoms with Gasteiger partial charge < -0.3 is 25.4 Å². The van der Waals surface area contributed by atoms with E-state index >= 15 is 0 Å². The van der Waals surface area contributed by atoms with Crippen molar-refractivity contribution in [2.75, 3.05) is 25.5 Å². The second kappa shape index (κ2) is 7.81. The van der Waals surface area contributed by atoms with Gasteiger partial charge in [0.05, 0.1) is 24.0 Å². The zero-order valence-electron chi connectivity index (χ0n) is 18.8. The van der Waals surface area contributed by atoms with E-state index in [2.05, 4.69) is 10.6 Å². The van der Waals surface area contributed by atoms with Crippen LogP contribution in [-0.2, 0) is 19.1 Å². The van der Waals surface area contributed by atoms with E-state index in [-0.39, 0.29) is 30.9 Å². The first-order chi connectivity index (χ1) is 15.9. The van der Waals surface area contributed by atoms with E-state index in [1.54, 1.807) is 7.05 Å². The van der Waals surface area contributed by atoms with Crippen LogP contribution in [0.3, 0.4) is 0 Å². The van der Waals surface area contributed by atoms with Crippen LogP contribution < -0.4 is 10.6 Å². The van der Waals surface area contributed by atoms with E-state index in [0.717, 1.165) is 10.8 Å². The average Bonchev–Trinajstić information content (AvgIpc) is 3.42. The summed E-state index contributed by atoms with van der Waals surface area (Å²) >= 11 is 0. The van der Waals surface area contributed by atoms with Crippen molar-refractivity contribution in [3.63, 3.8) is 0 Å². The SMILES string of the molecule is CC[C@]12CCC3(O1)C(C(=O)Nc1ccc4ccccc4c1)N(CCO)C(=O)[C@@H]3[C@H]2C(=O)NC. The highest BCUT2D eigenvalue weighted by atomic mass is 16.5. The zero-order chi connectivity index (χ0) is 23.4. The second-order valence-corrected chi connectivity index (χ2v) is 9.25. The van der Waals surface area contributed by atoms with Crippen LogP contribution in [0.5, 0.6) is 0 Å². The molecule has 3 fully saturated rings. The van der Waals surface area contributed by atoms with Crippen molar-refractivity contribution >= 4 is 34.2 Å². The summed E-state index contributed by atoms with van der Waals surface area (Å²) in [4.78, 5) is 41.5. The maximum atomic E-state index is 13.7. The zero-order valence-corrected chi connectivity index (χ0v) is 18.8. The molecule has 3 aliphatic heterocycles.